The van der Waals surface area contributed by atoms with Crippen molar-refractivity contribution in [2.75, 3.05) is 25.1 Å². The number of benzene rings is 1. The van der Waals surface area contributed by atoms with Crippen molar-refractivity contribution in [2.24, 2.45) is 5.92 Å². The molecule has 7 nitrogen and oxygen atoms in total. The largest absolute Gasteiger partial charge is 0.497 e. The number of aromatic nitrogens is 2. The average molecular weight is 328 g/mol. The minimum atomic E-state index is -0.238. The molecule has 1 aromatic heterocycles. The SMILES string of the molecule is COc1cccc(CNC(=O)C2CCN(c3cn[nH]c(=O)c3)C2)c1. The normalized spacial score (nSPS) is 16.9. The predicted octanol–water partition coefficient (Wildman–Crippen LogP) is 0.921. The lowest BCUT2D eigenvalue weighted by Gasteiger charge is -2.17. The summed E-state index contributed by atoms with van der Waals surface area (Å²) in [4.78, 5) is 25.7. The van der Waals surface area contributed by atoms with E-state index in [0.717, 1.165) is 30.0 Å². The monoisotopic (exact) mass is 328 g/mol. The molecule has 1 aliphatic rings. The highest BCUT2D eigenvalue weighted by Gasteiger charge is 2.28. The van der Waals surface area contributed by atoms with E-state index < -0.39 is 0 Å². The summed E-state index contributed by atoms with van der Waals surface area (Å²) in [6.07, 6.45) is 2.37. The van der Waals surface area contributed by atoms with E-state index >= 15 is 0 Å². The lowest BCUT2D eigenvalue weighted by Crippen LogP contribution is -2.32. The van der Waals surface area contributed by atoms with Crippen molar-refractivity contribution in [3.05, 3.63) is 52.4 Å². The lowest BCUT2D eigenvalue weighted by atomic mass is 10.1. The number of aromatic amines is 1. The summed E-state index contributed by atoms with van der Waals surface area (Å²) in [7, 11) is 1.62. The minimum Gasteiger partial charge on any atom is -0.497 e. The van der Waals surface area contributed by atoms with E-state index in [1.807, 2.05) is 29.2 Å². The molecule has 1 aromatic carbocycles. The average Bonchev–Trinajstić information content (AvgIpc) is 3.10. The van der Waals surface area contributed by atoms with Crippen LogP contribution in [0.15, 0.2) is 41.3 Å². The molecule has 2 N–H and O–H groups in total. The minimum absolute atomic E-state index is 0.0260. The fourth-order valence-electron chi connectivity index (χ4n) is 2.86. The Morgan fingerprint density at radius 3 is 3.12 bits per heavy atom. The molecular formula is C17H20N4O3. The maximum atomic E-state index is 12.4. The third-order valence-corrected chi connectivity index (χ3v) is 4.18. The Morgan fingerprint density at radius 2 is 2.33 bits per heavy atom. The Labute approximate surface area is 139 Å². The highest BCUT2D eigenvalue weighted by Crippen LogP contribution is 2.22. The summed E-state index contributed by atoms with van der Waals surface area (Å²) in [5.41, 5.74) is 1.51. The smallest absolute Gasteiger partial charge is 0.266 e. The van der Waals surface area contributed by atoms with Gasteiger partial charge in [-0.15, -0.1) is 0 Å². The fraction of sp³-hybridized carbons (Fsp3) is 0.353. The molecule has 0 radical (unpaired) electrons. The number of carbonyl (C=O) groups is 1. The van der Waals surface area contributed by atoms with Gasteiger partial charge in [-0.2, -0.15) is 5.10 Å². The number of ether oxygens (including phenoxy) is 1. The van der Waals surface area contributed by atoms with Crippen molar-refractivity contribution in [3.63, 3.8) is 0 Å². The Bertz CT molecular complexity index is 774. The van der Waals surface area contributed by atoms with E-state index in [2.05, 4.69) is 15.5 Å². The molecule has 1 atom stereocenters. The van der Waals surface area contributed by atoms with Crippen LogP contribution in [0.2, 0.25) is 0 Å². The first kappa shape index (κ1) is 16.0. The number of rotatable bonds is 5. The van der Waals surface area contributed by atoms with Gasteiger partial charge < -0.3 is 15.0 Å². The summed E-state index contributed by atoms with van der Waals surface area (Å²) in [5, 5.41) is 9.13. The first-order chi connectivity index (χ1) is 11.7. The van der Waals surface area contributed by atoms with Gasteiger partial charge in [0.05, 0.1) is 24.9 Å². The van der Waals surface area contributed by atoms with E-state index in [9.17, 15) is 9.59 Å². The maximum Gasteiger partial charge on any atom is 0.266 e. The van der Waals surface area contributed by atoms with E-state index in [0.29, 0.717) is 13.1 Å². The molecule has 0 aliphatic carbocycles. The second-order valence-electron chi connectivity index (χ2n) is 5.80. The molecule has 126 valence electrons. The molecule has 2 aromatic rings. The van der Waals surface area contributed by atoms with Crippen LogP contribution in [0.3, 0.4) is 0 Å². The van der Waals surface area contributed by atoms with Crippen LogP contribution >= 0.6 is 0 Å². The van der Waals surface area contributed by atoms with Crippen LogP contribution in [0, 0.1) is 5.92 Å². The summed E-state index contributed by atoms with van der Waals surface area (Å²) in [6.45, 7) is 1.80. The van der Waals surface area contributed by atoms with Crippen molar-refractivity contribution < 1.29 is 9.53 Å². The van der Waals surface area contributed by atoms with Gasteiger partial charge in [0.25, 0.3) is 5.56 Å². The summed E-state index contributed by atoms with van der Waals surface area (Å²) < 4.78 is 5.18. The zero-order valence-electron chi connectivity index (χ0n) is 13.5. The second-order valence-corrected chi connectivity index (χ2v) is 5.80. The van der Waals surface area contributed by atoms with Crippen LogP contribution in [0.1, 0.15) is 12.0 Å². The van der Waals surface area contributed by atoms with Gasteiger partial charge in [0.15, 0.2) is 0 Å². The van der Waals surface area contributed by atoms with Crippen LogP contribution in [0.4, 0.5) is 5.69 Å². The van der Waals surface area contributed by atoms with Gasteiger partial charge in [-0.25, -0.2) is 5.10 Å². The number of hydrogen-bond donors (Lipinski definition) is 2. The van der Waals surface area contributed by atoms with Gasteiger partial charge in [-0.1, -0.05) is 12.1 Å². The highest BCUT2D eigenvalue weighted by molar-refractivity contribution is 5.80. The number of nitrogens with zero attached hydrogens (tertiary/aromatic N) is 2. The van der Waals surface area contributed by atoms with Gasteiger partial charge >= 0.3 is 0 Å². The van der Waals surface area contributed by atoms with E-state index in [1.54, 1.807) is 13.3 Å². The Balaban J connectivity index is 1.55. The van der Waals surface area contributed by atoms with Crippen LogP contribution in [-0.2, 0) is 11.3 Å². The summed E-state index contributed by atoms with van der Waals surface area (Å²) >= 11 is 0. The van der Waals surface area contributed by atoms with Gasteiger partial charge in [0, 0.05) is 25.7 Å². The van der Waals surface area contributed by atoms with E-state index in [4.69, 9.17) is 4.74 Å². The number of amides is 1. The second kappa shape index (κ2) is 7.16. The molecule has 0 bridgehead atoms. The molecule has 1 unspecified atom stereocenters. The molecule has 1 amide bonds. The van der Waals surface area contributed by atoms with Gasteiger partial charge in [0.2, 0.25) is 5.91 Å². The number of H-pyrrole nitrogens is 1. The lowest BCUT2D eigenvalue weighted by molar-refractivity contribution is -0.124. The van der Waals surface area contributed by atoms with Crippen molar-refractivity contribution in [2.45, 2.75) is 13.0 Å². The number of carbonyl (C=O) groups excluding carboxylic acids is 1. The maximum absolute atomic E-state index is 12.4. The topological polar surface area (TPSA) is 87.3 Å². The molecular weight excluding hydrogens is 308 g/mol. The zero-order chi connectivity index (χ0) is 16.9. The van der Waals surface area contributed by atoms with Crippen molar-refractivity contribution in [1.82, 2.24) is 15.5 Å². The van der Waals surface area contributed by atoms with Gasteiger partial charge in [0.1, 0.15) is 5.75 Å². The standard InChI is InChI=1S/C17H20N4O3/c1-24-15-4-2-3-12(7-15)9-18-17(23)13-5-6-21(11-13)14-8-16(22)20-19-10-14/h2-4,7-8,10,13H,5-6,9,11H2,1H3,(H,18,23)(H,20,22). The fourth-order valence-corrected chi connectivity index (χ4v) is 2.86. The Hall–Kier alpha value is -2.83. The highest BCUT2D eigenvalue weighted by atomic mass is 16.5. The molecule has 2 heterocycles. The molecule has 0 spiro atoms. The molecule has 7 heteroatoms. The number of hydrogen-bond acceptors (Lipinski definition) is 5. The summed E-state index contributed by atoms with van der Waals surface area (Å²) in [5.74, 6) is 0.712. The molecule has 24 heavy (non-hydrogen) atoms. The van der Waals surface area contributed by atoms with Crippen LogP contribution in [-0.4, -0.2) is 36.3 Å². The van der Waals surface area contributed by atoms with Crippen molar-refractivity contribution in [3.8, 4) is 5.75 Å². The molecule has 0 saturated carbocycles. The van der Waals surface area contributed by atoms with Crippen LogP contribution in [0.25, 0.3) is 0 Å². The Morgan fingerprint density at radius 1 is 1.46 bits per heavy atom. The first-order valence-electron chi connectivity index (χ1n) is 7.86. The quantitative estimate of drug-likeness (QED) is 0.852. The Kier molecular flexibility index (Phi) is 4.79. The molecule has 3 rings (SSSR count). The predicted molar refractivity (Wildman–Crippen MR) is 90.0 cm³/mol. The van der Waals surface area contributed by atoms with Gasteiger partial charge in [-0.05, 0) is 24.1 Å². The number of nitrogens with one attached hydrogen (secondary N) is 2. The van der Waals surface area contributed by atoms with Crippen molar-refractivity contribution >= 4 is 11.6 Å². The zero-order valence-corrected chi connectivity index (χ0v) is 13.5. The van der Waals surface area contributed by atoms with Crippen molar-refractivity contribution in [1.29, 1.82) is 0 Å². The number of methoxy groups -OCH3 is 1. The molecule has 1 saturated heterocycles. The molecule has 1 fully saturated rings. The first-order valence-corrected chi connectivity index (χ1v) is 7.86. The van der Waals surface area contributed by atoms with E-state index in [1.165, 1.54) is 6.07 Å². The number of anilines is 1. The van der Waals surface area contributed by atoms with Crippen LogP contribution in [0.5, 0.6) is 5.75 Å². The van der Waals surface area contributed by atoms with E-state index in [-0.39, 0.29) is 17.4 Å². The van der Waals surface area contributed by atoms with Gasteiger partial charge in [-0.3, -0.25) is 9.59 Å². The third-order valence-electron chi connectivity index (χ3n) is 4.18. The van der Waals surface area contributed by atoms with Crippen LogP contribution < -0.4 is 20.5 Å². The molecule has 1 aliphatic heterocycles. The third kappa shape index (κ3) is 3.73. The summed E-state index contributed by atoms with van der Waals surface area (Å²) in [6, 6.07) is 9.13.